The van der Waals surface area contributed by atoms with Crippen molar-refractivity contribution in [2.75, 3.05) is 19.0 Å². The standard InChI is InChI=1S/C12H12N2O3/c1-3-8-13-12(16)14-10-7-5-4-6-9(10)11(15)17-2/h1,4-7H,8H2,2H3,(H2,13,14,16). The maximum atomic E-state index is 11.4. The van der Waals surface area contributed by atoms with Crippen molar-refractivity contribution < 1.29 is 14.3 Å². The highest BCUT2D eigenvalue weighted by molar-refractivity contribution is 6.00. The van der Waals surface area contributed by atoms with E-state index in [1.807, 2.05) is 0 Å². The molecule has 0 bridgehead atoms. The Morgan fingerprint density at radius 1 is 1.41 bits per heavy atom. The minimum Gasteiger partial charge on any atom is -0.465 e. The zero-order chi connectivity index (χ0) is 12.7. The van der Waals surface area contributed by atoms with Gasteiger partial charge >= 0.3 is 12.0 Å². The number of hydrogen-bond acceptors (Lipinski definition) is 3. The fraction of sp³-hybridized carbons (Fsp3) is 0.167. The van der Waals surface area contributed by atoms with Crippen LogP contribution in [0.25, 0.3) is 0 Å². The minimum absolute atomic E-state index is 0.117. The molecule has 1 aromatic rings. The third-order valence-corrected chi connectivity index (χ3v) is 1.93. The molecule has 0 fully saturated rings. The Bertz CT molecular complexity index is 463. The second-order valence-electron chi connectivity index (χ2n) is 3.05. The first-order chi connectivity index (χ1) is 8.19. The van der Waals surface area contributed by atoms with Gasteiger partial charge in [0, 0.05) is 0 Å². The number of urea groups is 1. The lowest BCUT2D eigenvalue weighted by molar-refractivity contribution is 0.0602. The van der Waals surface area contributed by atoms with Crippen LogP contribution in [-0.4, -0.2) is 25.7 Å². The van der Waals surface area contributed by atoms with Crippen LogP contribution in [0.1, 0.15) is 10.4 Å². The number of rotatable bonds is 3. The number of anilines is 1. The number of methoxy groups -OCH3 is 1. The van der Waals surface area contributed by atoms with Crippen LogP contribution in [0.5, 0.6) is 0 Å². The lowest BCUT2D eigenvalue weighted by Crippen LogP contribution is -2.29. The van der Waals surface area contributed by atoms with Crippen molar-refractivity contribution in [2.24, 2.45) is 0 Å². The Morgan fingerprint density at radius 2 is 2.12 bits per heavy atom. The molecule has 0 spiro atoms. The summed E-state index contributed by atoms with van der Waals surface area (Å²) in [6.07, 6.45) is 5.00. The van der Waals surface area contributed by atoms with Gasteiger partial charge in [-0.15, -0.1) is 6.42 Å². The van der Waals surface area contributed by atoms with Crippen molar-refractivity contribution in [1.82, 2.24) is 5.32 Å². The van der Waals surface area contributed by atoms with E-state index in [-0.39, 0.29) is 12.1 Å². The van der Waals surface area contributed by atoms with Gasteiger partial charge in [0.05, 0.1) is 24.9 Å². The lowest BCUT2D eigenvalue weighted by Gasteiger charge is -2.09. The van der Waals surface area contributed by atoms with E-state index in [9.17, 15) is 9.59 Å². The SMILES string of the molecule is C#CCNC(=O)Nc1ccccc1C(=O)OC. The average molecular weight is 232 g/mol. The van der Waals surface area contributed by atoms with Gasteiger partial charge in [0.15, 0.2) is 0 Å². The number of amides is 2. The molecule has 2 N–H and O–H groups in total. The summed E-state index contributed by atoms with van der Waals surface area (Å²) in [5.41, 5.74) is 0.653. The summed E-state index contributed by atoms with van der Waals surface area (Å²) in [4.78, 5) is 22.8. The summed E-state index contributed by atoms with van der Waals surface area (Å²) in [7, 11) is 1.28. The molecule has 0 radical (unpaired) electrons. The molecule has 5 heteroatoms. The number of benzene rings is 1. The van der Waals surface area contributed by atoms with Crippen LogP contribution in [0, 0.1) is 12.3 Å². The Labute approximate surface area is 99.2 Å². The fourth-order valence-electron chi connectivity index (χ4n) is 1.18. The highest BCUT2D eigenvalue weighted by Gasteiger charge is 2.12. The molecule has 1 aromatic carbocycles. The van der Waals surface area contributed by atoms with Gasteiger partial charge in [-0.25, -0.2) is 9.59 Å². The predicted octanol–water partition coefficient (Wildman–Crippen LogP) is 1.23. The Kier molecular flexibility index (Phi) is 4.58. The average Bonchev–Trinajstić information content (AvgIpc) is 2.36. The quantitative estimate of drug-likeness (QED) is 0.608. The zero-order valence-corrected chi connectivity index (χ0v) is 9.32. The molecule has 2 amide bonds. The number of para-hydroxylation sites is 1. The molecule has 0 aromatic heterocycles. The van der Waals surface area contributed by atoms with Gasteiger partial charge in [0.2, 0.25) is 0 Å². The molecular formula is C12H12N2O3. The number of esters is 1. The summed E-state index contributed by atoms with van der Waals surface area (Å²) in [6, 6.07) is 6.06. The van der Waals surface area contributed by atoms with E-state index in [1.54, 1.807) is 24.3 Å². The van der Waals surface area contributed by atoms with Crippen LogP contribution < -0.4 is 10.6 Å². The highest BCUT2D eigenvalue weighted by atomic mass is 16.5. The summed E-state index contributed by atoms with van der Waals surface area (Å²) >= 11 is 0. The number of carbonyl (C=O) groups excluding carboxylic acids is 2. The van der Waals surface area contributed by atoms with Crippen molar-refractivity contribution >= 4 is 17.7 Å². The number of terminal acetylenes is 1. The second-order valence-corrected chi connectivity index (χ2v) is 3.05. The van der Waals surface area contributed by atoms with E-state index in [0.717, 1.165) is 0 Å². The topological polar surface area (TPSA) is 67.4 Å². The zero-order valence-electron chi connectivity index (χ0n) is 9.32. The maximum absolute atomic E-state index is 11.4. The molecule has 0 aliphatic rings. The van der Waals surface area contributed by atoms with Gasteiger partial charge in [-0.1, -0.05) is 18.1 Å². The van der Waals surface area contributed by atoms with Crippen LogP contribution in [0.4, 0.5) is 10.5 Å². The molecular weight excluding hydrogens is 220 g/mol. The van der Waals surface area contributed by atoms with E-state index in [1.165, 1.54) is 7.11 Å². The largest absolute Gasteiger partial charge is 0.465 e. The first kappa shape index (κ1) is 12.6. The minimum atomic E-state index is -0.516. The smallest absolute Gasteiger partial charge is 0.339 e. The summed E-state index contributed by atoms with van der Waals surface area (Å²) in [5, 5.41) is 4.94. The van der Waals surface area contributed by atoms with Crippen molar-refractivity contribution in [2.45, 2.75) is 0 Å². The second kappa shape index (κ2) is 6.18. The summed E-state index contributed by atoms with van der Waals surface area (Å²) < 4.78 is 4.60. The number of hydrogen-bond donors (Lipinski definition) is 2. The van der Waals surface area contributed by atoms with Gasteiger partial charge < -0.3 is 15.4 Å². The van der Waals surface area contributed by atoms with Crippen molar-refractivity contribution in [1.29, 1.82) is 0 Å². The summed E-state index contributed by atoms with van der Waals surface area (Å²) in [5.74, 6) is 1.75. The molecule has 0 aliphatic heterocycles. The molecule has 0 unspecified atom stereocenters. The van der Waals surface area contributed by atoms with Gasteiger partial charge in [0.25, 0.3) is 0 Å². The first-order valence-corrected chi connectivity index (χ1v) is 4.84. The monoisotopic (exact) mass is 232 g/mol. The van der Waals surface area contributed by atoms with Crippen LogP contribution in [0.15, 0.2) is 24.3 Å². The number of nitrogens with one attached hydrogen (secondary N) is 2. The van der Waals surface area contributed by atoms with E-state index < -0.39 is 12.0 Å². The molecule has 1 rings (SSSR count). The number of ether oxygens (including phenoxy) is 1. The molecule has 5 nitrogen and oxygen atoms in total. The van der Waals surface area contributed by atoms with Crippen LogP contribution >= 0.6 is 0 Å². The van der Waals surface area contributed by atoms with Crippen molar-refractivity contribution in [3.8, 4) is 12.3 Å². The van der Waals surface area contributed by atoms with Crippen LogP contribution in [-0.2, 0) is 4.74 Å². The van der Waals surface area contributed by atoms with E-state index in [4.69, 9.17) is 6.42 Å². The van der Waals surface area contributed by atoms with Gasteiger partial charge in [0.1, 0.15) is 0 Å². The summed E-state index contributed by atoms with van der Waals surface area (Å²) in [6.45, 7) is 0.117. The third-order valence-electron chi connectivity index (χ3n) is 1.93. The fourth-order valence-corrected chi connectivity index (χ4v) is 1.18. The lowest BCUT2D eigenvalue weighted by atomic mass is 10.2. The molecule has 0 aliphatic carbocycles. The van der Waals surface area contributed by atoms with Gasteiger partial charge in [-0.2, -0.15) is 0 Å². The van der Waals surface area contributed by atoms with Gasteiger partial charge in [-0.3, -0.25) is 0 Å². The Hall–Kier alpha value is -2.48. The van der Waals surface area contributed by atoms with E-state index >= 15 is 0 Å². The molecule has 0 saturated carbocycles. The third kappa shape index (κ3) is 3.54. The first-order valence-electron chi connectivity index (χ1n) is 4.84. The molecule has 0 saturated heterocycles. The molecule has 88 valence electrons. The maximum Gasteiger partial charge on any atom is 0.339 e. The molecule has 17 heavy (non-hydrogen) atoms. The van der Waals surface area contributed by atoms with Crippen molar-refractivity contribution in [3.63, 3.8) is 0 Å². The van der Waals surface area contributed by atoms with Gasteiger partial charge in [-0.05, 0) is 12.1 Å². The predicted molar refractivity (Wildman–Crippen MR) is 63.6 cm³/mol. The van der Waals surface area contributed by atoms with E-state index in [0.29, 0.717) is 5.69 Å². The Morgan fingerprint density at radius 3 is 2.76 bits per heavy atom. The molecule has 0 atom stereocenters. The van der Waals surface area contributed by atoms with Crippen LogP contribution in [0.2, 0.25) is 0 Å². The highest BCUT2D eigenvalue weighted by Crippen LogP contribution is 2.15. The number of carbonyl (C=O) groups is 2. The normalized spacial score (nSPS) is 8.94. The van der Waals surface area contributed by atoms with Crippen molar-refractivity contribution in [3.05, 3.63) is 29.8 Å². The van der Waals surface area contributed by atoms with Crippen LogP contribution in [0.3, 0.4) is 0 Å². The molecule has 0 heterocycles. The van der Waals surface area contributed by atoms with E-state index in [2.05, 4.69) is 21.3 Å². The Balaban J connectivity index is 2.81.